The quantitative estimate of drug-likeness (QED) is 0.365. The minimum absolute atomic E-state index is 0.0194. The summed E-state index contributed by atoms with van der Waals surface area (Å²) >= 11 is 0. The van der Waals surface area contributed by atoms with Crippen LogP contribution in [0.15, 0.2) is 48.5 Å². The molecule has 3 rings (SSSR count). The molecule has 1 aliphatic rings. The summed E-state index contributed by atoms with van der Waals surface area (Å²) in [6, 6.07) is 16.3. The Kier molecular flexibility index (Phi) is 4.57. The lowest BCUT2D eigenvalue weighted by Crippen LogP contribution is -2.17. The molecule has 5 heteroatoms. The minimum Gasteiger partial charge on any atom is -0.372 e. The van der Waals surface area contributed by atoms with E-state index in [0.29, 0.717) is 11.1 Å². The Bertz CT molecular complexity index is 796. The van der Waals surface area contributed by atoms with Gasteiger partial charge in [-0.05, 0) is 54.3 Å². The molecule has 1 fully saturated rings. The van der Waals surface area contributed by atoms with Crippen LogP contribution in [0.25, 0.3) is 11.6 Å². The van der Waals surface area contributed by atoms with Crippen molar-refractivity contribution in [2.45, 2.75) is 12.8 Å². The van der Waals surface area contributed by atoms with Crippen molar-refractivity contribution in [2.75, 3.05) is 18.0 Å². The van der Waals surface area contributed by atoms with Crippen molar-refractivity contribution in [1.29, 1.82) is 5.26 Å². The average Bonchev–Trinajstić information content (AvgIpc) is 3.15. The van der Waals surface area contributed by atoms with Crippen LogP contribution < -0.4 is 4.90 Å². The van der Waals surface area contributed by atoms with E-state index in [0.717, 1.165) is 18.7 Å². The van der Waals surface area contributed by atoms with Crippen LogP contribution in [0.5, 0.6) is 0 Å². The van der Waals surface area contributed by atoms with Gasteiger partial charge in [-0.2, -0.15) is 5.26 Å². The van der Waals surface area contributed by atoms with Crippen molar-refractivity contribution in [3.8, 4) is 6.07 Å². The summed E-state index contributed by atoms with van der Waals surface area (Å²) in [6.45, 7) is 2.20. The average molecular weight is 319 g/mol. The van der Waals surface area contributed by atoms with Gasteiger partial charge in [-0.3, -0.25) is 10.1 Å². The second kappa shape index (κ2) is 6.97. The van der Waals surface area contributed by atoms with E-state index in [1.165, 1.54) is 30.7 Å². The number of non-ortho nitro benzene ring substituents is 1. The van der Waals surface area contributed by atoms with E-state index in [2.05, 4.69) is 23.1 Å². The summed E-state index contributed by atoms with van der Waals surface area (Å²) in [5.74, 6) is 0. The third kappa shape index (κ3) is 3.44. The Morgan fingerprint density at radius 1 is 1.08 bits per heavy atom. The highest BCUT2D eigenvalue weighted by atomic mass is 16.6. The van der Waals surface area contributed by atoms with Crippen LogP contribution in [-0.4, -0.2) is 18.0 Å². The highest BCUT2D eigenvalue weighted by Crippen LogP contribution is 2.24. The molecule has 1 saturated heterocycles. The van der Waals surface area contributed by atoms with E-state index >= 15 is 0 Å². The van der Waals surface area contributed by atoms with Gasteiger partial charge in [-0.25, -0.2) is 0 Å². The number of anilines is 1. The number of nitriles is 1. The highest BCUT2D eigenvalue weighted by Gasteiger charge is 2.12. The van der Waals surface area contributed by atoms with Crippen molar-refractivity contribution in [3.63, 3.8) is 0 Å². The molecule has 0 bridgehead atoms. The second-order valence-corrected chi connectivity index (χ2v) is 5.76. The van der Waals surface area contributed by atoms with Crippen LogP contribution in [0, 0.1) is 21.4 Å². The molecule has 5 nitrogen and oxygen atoms in total. The molecule has 0 spiro atoms. The van der Waals surface area contributed by atoms with Gasteiger partial charge in [0.2, 0.25) is 0 Å². The fourth-order valence-corrected chi connectivity index (χ4v) is 2.87. The number of rotatable bonds is 4. The normalized spacial score (nSPS) is 14.5. The van der Waals surface area contributed by atoms with Crippen LogP contribution in [0.4, 0.5) is 11.4 Å². The zero-order chi connectivity index (χ0) is 16.9. The topological polar surface area (TPSA) is 70.2 Å². The molecular weight excluding hydrogens is 302 g/mol. The molecule has 24 heavy (non-hydrogen) atoms. The van der Waals surface area contributed by atoms with Crippen LogP contribution >= 0.6 is 0 Å². The van der Waals surface area contributed by atoms with E-state index in [4.69, 9.17) is 0 Å². The first-order valence-electron chi connectivity index (χ1n) is 7.89. The molecule has 0 saturated carbocycles. The summed E-state index contributed by atoms with van der Waals surface area (Å²) in [5.41, 5.74) is 3.32. The lowest BCUT2D eigenvalue weighted by molar-refractivity contribution is -0.384. The fraction of sp³-hybridized carbons (Fsp3) is 0.211. The molecule has 1 aliphatic heterocycles. The maximum absolute atomic E-state index is 10.7. The predicted molar refractivity (Wildman–Crippen MR) is 94.5 cm³/mol. The third-order valence-corrected chi connectivity index (χ3v) is 4.18. The Hall–Kier alpha value is -3.13. The number of hydrogen-bond acceptors (Lipinski definition) is 4. The number of nitro groups is 1. The van der Waals surface area contributed by atoms with Gasteiger partial charge in [0.15, 0.2) is 0 Å². The van der Waals surface area contributed by atoms with E-state index in [-0.39, 0.29) is 5.69 Å². The van der Waals surface area contributed by atoms with Gasteiger partial charge in [0.25, 0.3) is 5.69 Å². The van der Waals surface area contributed by atoms with E-state index in [1.807, 2.05) is 12.1 Å². The molecule has 2 aromatic carbocycles. The largest absolute Gasteiger partial charge is 0.372 e. The molecule has 0 unspecified atom stereocenters. The first-order valence-corrected chi connectivity index (χ1v) is 7.89. The molecule has 0 amide bonds. The molecule has 1 heterocycles. The molecule has 0 radical (unpaired) electrons. The van der Waals surface area contributed by atoms with Crippen molar-refractivity contribution >= 4 is 23.0 Å². The minimum atomic E-state index is -0.448. The lowest BCUT2D eigenvalue weighted by Gasteiger charge is -2.17. The molecule has 0 N–H and O–H groups in total. The number of benzene rings is 2. The summed E-state index contributed by atoms with van der Waals surface area (Å²) in [5, 5.41) is 20.1. The zero-order valence-corrected chi connectivity index (χ0v) is 13.2. The highest BCUT2D eigenvalue weighted by molar-refractivity contribution is 5.89. The number of nitrogens with zero attached hydrogens (tertiary/aromatic N) is 3. The monoisotopic (exact) mass is 319 g/mol. The molecule has 2 aromatic rings. The van der Waals surface area contributed by atoms with Gasteiger partial charge in [0, 0.05) is 30.9 Å². The van der Waals surface area contributed by atoms with Crippen LogP contribution in [0.2, 0.25) is 0 Å². The van der Waals surface area contributed by atoms with Gasteiger partial charge in [0.05, 0.1) is 16.6 Å². The first-order chi connectivity index (χ1) is 11.7. The summed E-state index contributed by atoms with van der Waals surface area (Å²) < 4.78 is 0. The summed E-state index contributed by atoms with van der Waals surface area (Å²) in [6.07, 6.45) is 4.27. The van der Waals surface area contributed by atoms with E-state index < -0.39 is 4.92 Å². The molecule has 120 valence electrons. The number of allylic oxidation sites excluding steroid dienone is 1. The standard InChI is InChI=1S/C19H17N3O2/c20-14-17(16-5-9-19(10-6-16)22(23)24)13-15-3-7-18(8-4-15)21-11-1-2-12-21/h3-10,13H,1-2,11-12H2/b17-13+. The van der Waals surface area contributed by atoms with Gasteiger partial charge < -0.3 is 4.90 Å². The Morgan fingerprint density at radius 3 is 2.25 bits per heavy atom. The smallest absolute Gasteiger partial charge is 0.269 e. The summed E-state index contributed by atoms with van der Waals surface area (Å²) in [7, 11) is 0. The number of nitro benzene ring substituents is 1. The zero-order valence-electron chi connectivity index (χ0n) is 13.2. The van der Waals surface area contributed by atoms with E-state index in [1.54, 1.807) is 18.2 Å². The third-order valence-electron chi connectivity index (χ3n) is 4.18. The van der Waals surface area contributed by atoms with Crippen LogP contribution in [-0.2, 0) is 0 Å². The Morgan fingerprint density at radius 2 is 1.71 bits per heavy atom. The fourth-order valence-electron chi connectivity index (χ4n) is 2.87. The van der Waals surface area contributed by atoms with Gasteiger partial charge in [-0.1, -0.05) is 12.1 Å². The Labute approximate surface area is 140 Å². The maximum atomic E-state index is 10.7. The van der Waals surface area contributed by atoms with Gasteiger partial charge >= 0.3 is 0 Å². The van der Waals surface area contributed by atoms with Crippen LogP contribution in [0.1, 0.15) is 24.0 Å². The summed E-state index contributed by atoms with van der Waals surface area (Å²) in [4.78, 5) is 12.6. The van der Waals surface area contributed by atoms with Crippen molar-refractivity contribution in [3.05, 3.63) is 69.8 Å². The van der Waals surface area contributed by atoms with Crippen molar-refractivity contribution in [2.24, 2.45) is 0 Å². The maximum Gasteiger partial charge on any atom is 0.269 e. The second-order valence-electron chi connectivity index (χ2n) is 5.76. The number of hydrogen-bond donors (Lipinski definition) is 0. The van der Waals surface area contributed by atoms with Crippen LogP contribution in [0.3, 0.4) is 0 Å². The van der Waals surface area contributed by atoms with Gasteiger partial charge in [-0.15, -0.1) is 0 Å². The Balaban J connectivity index is 1.82. The molecular formula is C19H17N3O2. The van der Waals surface area contributed by atoms with Crippen molar-refractivity contribution < 1.29 is 4.92 Å². The lowest BCUT2D eigenvalue weighted by atomic mass is 10.0. The van der Waals surface area contributed by atoms with Crippen molar-refractivity contribution in [1.82, 2.24) is 0 Å². The molecule has 0 atom stereocenters. The SMILES string of the molecule is N#C/C(=C\c1ccc(N2CCCC2)cc1)c1ccc([N+](=O)[O-])cc1. The molecule has 0 aliphatic carbocycles. The van der Waals surface area contributed by atoms with E-state index in [9.17, 15) is 15.4 Å². The predicted octanol–water partition coefficient (Wildman–Crippen LogP) is 4.26. The first kappa shape index (κ1) is 15.8. The van der Waals surface area contributed by atoms with Gasteiger partial charge in [0.1, 0.15) is 0 Å². The molecule has 0 aromatic heterocycles.